The summed E-state index contributed by atoms with van der Waals surface area (Å²) >= 11 is 0. The molecule has 0 aliphatic carbocycles. The number of carbonyl (C=O) groups is 1. The minimum Gasteiger partial charge on any atom is -0.477 e. The average Bonchev–Trinajstić information content (AvgIpc) is 2.71. The van der Waals surface area contributed by atoms with E-state index < -0.39 is 5.97 Å². The fourth-order valence-corrected chi connectivity index (χ4v) is 1.85. The highest BCUT2D eigenvalue weighted by Crippen LogP contribution is 2.18. The third-order valence-electron chi connectivity index (χ3n) is 2.70. The van der Waals surface area contributed by atoms with Crippen LogP contribution in [0.1, 0.15) is 29.4 Å². The number of aromatic carboxylic acids is 1. The quantitative estimate of drug-likeness (QED) is 0.886. The summed E-state index contributed by atoms with van der Waals surface area (Å²) in [6.45, 7) is 2.07. The van der Waals surface area contributed by atoms with Crippen molar-refractivity contribution < 1.29 is 9.90 Å². The van der Waals surface area contributed by atoms with Crippen molar-refractivity contribution in [3.8, 4) is 0 Å². The van der Waals surface area contributed by atoms with Crippen molar-refractivity contribution in [2.45, 2.75) is 19.8 Å². The summed E-state index contributed by atoms with van der Waals surface area (Å²) in [5, 5.41) is 13.2. The standard InChI is InChI=1S/C12H16N4O2/c1-4-5-8-6-10(15(2)3)16-11(14-8)9(7-13-16)12(17)18/h6-7H,4-5H2,1-3H3,(H,17,18). The van der Waals surface area contributed by atoms with Crippen molar-refractivity contribution in [3.63, 3.8) is 0 Å². The summed E-state index contributed by atoms with van der Waals surface area (Å²) < 4.78 is 1.56. The van der Waals surface area contributed by atoms with Crippen LogP contribution in [0.3, 0.4) is 0 Å². The highest BCUT2D eigenvalue weighted by atomic mass is 16.4. The van der Waals surface area contributed by atoms with E-state index in [4.69, 9.17) is 5.11 Å². The molecule has 6 heteroatoms. The molecule has 1 N–H and O–H groups in total. The fourth-order valence-electron chi connectivity index (χ4n) is 1.85. The van der Waals surface area contributed by atoms with Crippen LogP contribution in [-0.2, 0) is 6.42 Å². The van der Waals surface area contributed by atoms with Crippen molar-refractivity contribution in [2.24, 2.45) is 0 Å². The Morgan fingerprint density at radius 2 is 2.22 bits per heavy atom. The second-order valence-electron chi connectivity index (χ2n) is 4.35. The van der Waals surface area contributed by atoms with Gasteiger partial charge in [-0.3, -0.25) is 0 Å². The van der Waals surface area contributed by atoms with Crippen molar-refractivity contribution in [1.29, 1.82) is 0 Å². The van der Waals surface area contributed by atoms with Gasteiger partial charge < -0.3 is 10.0 Å². The Labute approximate surface area is 105 Å². The predicted molar refractivity (Wildman–Crippen MR) is 68.3 cm³/mol. The Morgan fingerprint density at radius 3 is 2.78 bits per heavy atom. The molecule has 0 fully saturated rings. The number of fused-ring (bicyclic) bond motifs is 1. The highest BCUT2D eigenvalue weighted by molar-refractivity contribution is 5.94. The van der Waals surface area contributed by atoms with Crippen LogP contribution < -0.4 is 4.90 Å². The molecule has 2 rings (SSSR count). The lowest BCUT2D eigenvalue weighted by molar-refractivity contribution is 0.0699. The zero-order valence-corrected chi connectivity index (χ0v) is 10.7. The number of hydrogen-bond acceptors (Lipinski definition) is 4. The predicted octanol–water partition coefficient (Wildman–Crippen LogP) is 1.45. The Balaban J connectivity index is 2.71. The van der Waals surface area contributed by atoms with Crippen LogP contribution in [0.15, 0.2) is 12.3 Å². The molecule has 0 saturated heterocycles. The summed E-state index contributed by atoms with van der Waals surface area (Å²) in [4.78, 5) is 17.4. The third-order valence-corrected chi connectivity index (χ3v) is 2.70. The SMILES string of the molecule is CCCc1cc(N(C)C)n2ncc(C(=O)O)c2n1. The first kappa shape index (κ1) is 12.3. The van der Waals surface area contributed by atoms with E-state index in [1.54, 1.807) is 4.52 Å². The number of carboxylic acids is 1. The van der Waals surface area contributed by atoms with Gasteiger partial charge >= 0.3 is 5.97 Å². The summed E-state index contributed by atoms with van der Waals surface area (Å²) in [5.74, 6) is -0.174. The van der Waals surface area contributed by atoms with Gasteiger partial charge in [-0.1, -0.05) is 13.3 Å². The summed E-state index contributed by atoms with van der Waals surface area (Å²) in [6, 6.07) is 1.94. The average molecular weight is 248 g/mol. The molecule has 18 heavy (non-hydrogen) atoms. The topological polar surface area (TPSA) is 70.7 Å². The molecular formula is C12H16N4O2. The van der Waals surface area contributed by atoms with Gasteiger partial charge in [0.25, 0.3) is 0 Å². The zero-order valence-electron chi connectivity index (χ0n) is 10.7. The van der Waals surface area contributed by atoms with Crippen molar-refractivity contribution in [1.82, 2.24) is 14.6 Å². The minimum atomic E-state index is -1.00. The Morgan fingerprint density at radius 1 is 1.50 bits per heavy atom. The number of rotatable bonds is 4. The number of anilines is 1. The van der Waals surface area contributed by atoms with Crippen LogP contribution in [0, 0.1) is 0 Å². The molecule has 0 aromatic carbocycles. The molecule has 0 unspecified atom stereocenters. The maximum atomic E-state index is 11.1. The van der Waals surface area contributed by atoms with Crippen LogP contribution in [0.2, 0.25) is 0 Å². The van der Waals surface area contributed by atoms with Gasteiger partial charge in [-0.25, -0.2) is 9.78 Å². The first-order valence-corrected chi connectivity index (χ1v) is 5.83. The van der Waals surface area contributed by atoms with Crippen molar-refractivity contribution >= 4 is 17.4 Å². The monoisotopic (exact) mass is 248 g/mol. The van der Waals surface area contributed by atoms with Gasteiger partial charge in [0.2, 0.25) is 0 Å². The Kier molecular flexibility index (Phi) is 3.18. The van der Waals surface area contributed by atoms with Crippen LogP contribution in [0.25, 0.3) is 5.65 Å². The molecular weight excluding hydrogens is 232 g/mol. The second-order valence-corrected chi connectivity index (χ2v) is 4.35. The van der Waals surface area contributed by atoms with Crippen molar-refractivity contribution in [2.75, 3.05) is 19.0 Å². The van der Waals surface area contributed by atoms with Crippen molar-refractivity contribution in [3.05, 3.63) is 23.5 Å². The molecule has 2 aromatic heterocycles. The van der Waals surface area contributed by atoms with E-state index in [0.29, 0.717) is 5.65 Å². The van der Waals surface area contributed by atoms with Crippen LogP contribution >= 0.6 is 0 Å². The lowest BCUT2D eigenvalue weighted by Gasteiger charge is -2.15. The van der Waals surface area contributed by atoms with Gasteiger partial charge in [0, 0.05) is 25.9 Å². The molecule has 0 amide bonds. The summed E-state index contributed by atoms with van der Waals surface area (Å²) in [7, 11) is 3.79. The van der Waals surface area contributed by atoms with E-state index in [2.05, 4.69) is 17.0 Å². The largest absolute Gasteiger partial charge is 0.477 e. The number of carboxylic acid groups (broad SMARTS) is 1. The van der Waals surface area contributed by atoms with Gasteiger partial charge in [0.1, 0.15) is 11.4 Å². The molecule has 0 radical (unpaired) electrons. The van der Waals surface area contributed by atoms with E-state index in [-0.39, 0.29) is 5.56 Å². The van der Waals surface area contributed by atoms with Gasteiger partial charge in [-0.05, 0) is 6.42 Å². The maximum Gasteiger partial charge on any atom is 0.341 e. The number of nitrogens with zero attached hydrogens (tertiary/aromatic N) is 4. The van der Waals surface area contributed by atoms with Gasteiger partial charge in [0.15, 0.2) is 5.65 Å². The first-order chi connectivity index (χ1) is 8.54. The highest BCUT2D eigenvalue weighted by Gasteiger charge is 2.16. The van der Waals surface area contributed by atoms with E-state index in [9.17, 15) is 4.79 Å². The minimum absolute atomic E-state index is 0.135. The zero-order chi connectivity index (χ0) is 13.3. The molecule has 0 aliphatic rings. The lowest BCUT2D eigenvalue weighted by Crippen LogP contribution is -2.15. The van der Waals surface area contributed by atoms with Gasteiger partial charge in [-0.2, -0.15) is 9.61 Å². The first-order valence-electron chi connectivity index (χ1n) is 5.83. The molecule has 2 heterocycles. The molecule has 0 bridgehead atoms. The lowest BCUT2D eigenvalue weighted by atomic mass is 10.2. The summed E-state index contributed by atoms with van der Waals surface area (Å²) in [5.41, 5.74) is 1.42. The molecule has 6 nitrogen and oxygen atoms in total. The molecule has 2 aromatic rings. The van der Waals surface area contributed by atoms with Gasteiger partial charge in [-0.15, -0.1) is 0 Å². The van der Waals surface area contributed by atoms with E-state index >= 15 is 0 Å². The normalized spacial score (nSPS) is 10.8. The van der Waals surface area contributed by atoms with Crippen LogP contribution in [0.4, 0.5) is 5.82 Å². The van der Waals surface area contributed by atoms with Crippen LogP contribution in [0.5, 0.6) is 0 Å². The van der Waals surface area contributed by atoms with Gasteiger partial charge in [0.05, 0.1) is 6.20 Å². The molecule has 96 valence electrons. The van der Waals surface area contributed by atoms with E-state index in [1.807, 2.05) is 25.1 Å². The van der Waals surface area contributed by atoms with E-state index in [0.717, 1.165) is 24.4 Å². The second kappa shape index (κ2) is 4.64. The smallest absolute Gasteiger partial charge is 0.341 e. The fraction of sp³-hybridized carbons (Fsp3) is 0.417. The number of aromatic nitrogens is 3. The van der Waals surface area contributed by atoms with E-state index in [1.165, 1.54) is 6.20 Å². The molecule has 0 aliphatic heterocycles. The Hall–Kier alpha value is -2.11. The number of hydrogen-bond donors (Lipinski definition) is 1. The molecule has 0 saturated carbocycles. The summed E-state index contributed by atoms with van der Waals surface area (Å²) in [6.07, 6.45) is 3.13. The number of aryl methyl sites for hydroxylation is 1. The maximum absolute atomic E-state index is 11.1. The Bertz CT molecular complexity index is 589. The van der Waals surface area contributed by atoms with Crippen LogP contribution in [-0.4, -0.2) is 39.8 Å². The molecule has 0 atom stereocenters. The third kappa shape index (κ3) is 2.01. The molecule has 0 spiro atoms.